The Morgan fingerprint density at radius 3 is 3.12 bits per heavy atom. The lowest BCUT2D eigenvalue weighted by Crippen LogP contribution is -2.60. The number of aliphatic hydroxyl groups is 1. The predicted molar refractivity (Wildman–Crippen MR) is 59.5 cm³/mol. The van der Waals surface area contributed by atoms with Crippen LogP contribution in [-0.2, 0) is 4.79 Å². The molecule has 1 N–H and O–H groups in total. The number of fused-ring (bicyclic) bond motifs is 1. The van der Waals surface area contributed by atoms with Gasteiger partial charge >= 0.3 is 0 Å². The second-order valence-electron chi connectivity index (χ2n) is 4.25. The molecule has 1 aromatic rings. The summed E-state index contributed by atoms with van der Waals surface area (Å²) in [7, 11) is 0. The Morgan fingerprint density at radius 1 is 1.69 bits per heavy atom. The van der Waals surface area contributed by atoms with E-state index in [1.807, 2.05) is 15.7 Å². The molecule has 2 saturated heterocycles. The van der Waals surface area contributed by atoms with E-state index in [4.69, 9.17) is 0 Å². The molecule has 5 nitrogen and oxygen atoms in total. The van der Waals surface area contributed by atoms with Crippen LogP contribution in [0.4, 0.5) is 0 Å². The van der Waals surface area contributed by atoms with Crippen LogP contribution >= 0.6 is 11.8 Å². The molecule has 1 unspecified atom stereocenters. The quantitative estimate of drug-likeness (QED) is 0.754. The zero-order chi connectivity index (χ0) is 11.3. The van der Waals surface area contributed by atoms with Crippen molar-refractivity contribution in [1.29, 1.82) is 0 Å². The van der Waals surface area contributed by atoms with Crippen LogP contribution in [-0.4, -0.2) is 43.5 Å². The number of hydrogen-bond donors (Lipinski definition) is 1. The monoisotopic (exact) mass is 239 g/mol. The van der Waals surface area contributed by atoms with Crippen LogP contribution in [0.5, 0.6) is 0 Å². The Balaban J connectivity index is 1.76. The van der Waals surface area contributed by atoms with Gasteiger partial charge in [0.25, 0.3) is 0 Å². The highest BCUT2D eigenvalue weighted by atomic mass is 32.2. The van der Waals surface area contributed by atoms with Gasteiger partial charge in [-0.15, -0.1) is 11.8 Å². The fraction of sp³-hybridized carbons (Fsp3) is 0.600. The molecular formula is C10H13N3O2S. The van der Waals surface area contributed by atoms with Crippen molar-refractivity contribution in [3.8, 4) is 0 Å². The minimum absolute atomic E-state index is 0.0788. The van der Waals surface area contributed by atoms with Crippen LogP contribution in [0, 0.1) is 5.92 Å². The van der Waals surface area contributed by atoms with Crippen LogP contribution in [0.25, 0.3) is 0 Å². The number of imidazole rings is 1. The molecule has 6 heteroatoms. The maximum Gasteiger partial charge on any atom is 0.232 e. The van der Waals surface area contributed by atoms with E-state index < -0.39 is 6.10 Å². The number of carbonyl (C=O) groups is 1. The van der Waals surface area contributed by atoms with Crippen LogP contribution in [0.15, 0.2) is 18.7 Å². The van der Waals surface area contributed by atoms with Crippen LogP contribution in [0.2, 0.25) is 0 Å². The standard InChI is InChI=1S/C10H13N3O2S/c1-6(14)8-9(15)13-4-7(16-10(8)13)12-3-2-11-5-12/h2-3,5-8,10,14H,4H2,1H3/t6-,7?,8+,10-/m1/s1. The number of aromatic nitrogens is 2. The van der Waals surface area contributed by atoms with Gasteiger partial charge in [-0.2, -0.15) is 0 Å². The summed E-state index contributed by atoms with van der Waals surface area (Å²) in [5.41, 5.74) is 0. The smallest absolute Gasteiger partial charge is 0.232 e. The van der Waals surface area contributed by atoms with E-state index in [0.29, 0.717) is 6.54 Å². The number of carbonyl (C=O) groups excluding carboxylic acids is 1. The van der Waals surface area contributed by atoms with Crippen molar-refractivity contribution in [3.63, 3.8) is 0 Å². The van der Waals surface area contributed by atoms with E-state index in [1.165, 1.54) is 0 Å². The largest absolute Gasteiger partial charge is 0.392 e. The van der Waals surface area contributed by atoms with Gasteiger partial charge in [-0.05, 0) is 6.92 Å². The van der Waals surface area contributed by atoms with Crippen LogP contribution < -0.4 is 0 Å². The Labute approximate surface area is 97.5 Å². The number of hydrogen-bond acceptors (Lipinski definition) is 4. The fourth-order valence-corrected chi connectivity index (χ4v) is 4.01. The molecule has 2 aliphatic rings. The zero-order valence-corrected chi connectivity index (χ0v) is 9.67. The van der Waals surface area contributed by atoms with Gasteiger partial charge in [-0.25, -0.2) is 4.98 Å². The molecule has 2 fully saturated rings. The first-order valence-corrected chi connectivity index (χ1v) is 6.24. The molecule has 0 bridgehead atoms. The minimum Gasteiger partial charge on any atom is -0.392 e. The number of β-lactam (4-membered cyclic amide) rings is 1. The highest BCUT2D eigenvalue weighted by Crippen LogP contribution is 2.49. The average molecular weight is 239 g/mol. The molecule has 1 aromatic heterocycles. The van der Waals surface area contributed by atoms with Crippen molar-refractivity contribution in [3.05, 3.63) is 18.7 Å². The molecule has 0 aromatic carbocycles. The molecule has 4 atom stereocenters. The normalized spacial score (nSPS) is 34.8. The summed E-state index contributed by atoms with van der Waals surface area (Å²) >= 11 is 1.73. The SMILES string of the molecule is C[C@@H](O)[C@H]1C(=O)N2CC(n3ccnc3)S[C@H]12. The third kappa shape index (κ3) is 1.29. The molecule has 1 amide bonds. The molecule has 2 aliphatic heterocycles. The Bertz CT molecular complexity index is 406. The zero-order valence-electron chi connectivity index (χ0n) is 8.85. The highest BCUT2D eigenvalue weighted by molar-refractivity contribution is 8.00. The summed E-state index contributed by atoms with van der Waals surface area (Å²) < 4.78 is 2.01. The Kier molecular flexibility index (Phi) is 2.22. The third-order valence-electron chi connectivity index (χ3n) is 3.21. The summed E-state index contributed by atoms with van der Waals surface area (Å²) in [4.78, 5) is 17.6. The van der Waals surface area contributed by atoms with Gasteiger partial charge in [0.1, 0.15) is 0 Å². The molecular weight excluding hydrogens is 226 g/mol. The summed E-state index contributed by atoms with van der Waals surface area (Å²) in [6, 6.07) is 0. The lowest BCUT2D eigenvalue weighted by molar-refractivity contribution is -0.155. The van der Waals surface area contributed by atoms with Crippen LogP contribution in [0.3, 0.4) is 0 Å². The summed E-state index contributed by atoms with van der Waals surface area (Å²) in [5, 5.41) is 9.90. The van der Waals surface area contributed by atoms with Crippen molar-refractivity contribution in [2.24, 2.45) is 5.92 Å². The number of amides is 1. The number of nitrogens with zero attached hydrogens (tertiary/aromatic N) is 3. The molecule has 16 heavy (non-hydrogen) atoms. The second kappa shape index (κ2) is 3.49. The molecule has 3 heterocycles. The van der Waals surface area contributed by atoms with E-state index in [-0.39, 0.29) is 22.6 Å². The van der Waals surface area contributed by atoms with Crippen molar-refractivity contribution < 1.29 is 9.90 Å². The Hall–Kier alpha value is -1.01. The third-order valence-corrected chi connectivity index (χ3v) is 4.74. The average Bonchev–Trinajstić information content (AvgIpc) is 2.82. The lowest BCUT2D eigenvalue weighted by atomic mass is 9.93. The van der Waals surface area contributed by atoms with Gasteiger partial charge in [0, 0.05) is 12.4 Å². The summed E-state index contributed by atoms with van der Waals surface area (Å²) in [6.07, 6.45) is 4.86. The van der Waals surface area contributed by atoms with E-state index in [1.54, 1.807) is 31.2 Å². The first-order chi connectivity index (χ1) is 7.68. The van der Waals surface area contributed by atoms with Crippen LogP contribution in [0.1, 0.15) is 12.3 Å². The van der Waals surface area contributed by atoms with Gasteiger partial charge < -0.3 is 14.6 Å². The maximum absolute atomic E-state index is 11.7. The summed E-state index contributed by atoms with van der Waals surface area (Å²) in [5.74, 6) is -0.145. The van der Waals surface area contributed by atoms with Gasteiger partial charge in [0.2, 0.25) is 5.91 Å². The van der Waals surface area contributed by atoms with Gasteiger partial charge in [0.05, 0.1) is 35.6 Å². The molecule has 86 valence electrons. The molecule has 0 aliphatic carbocycles. The van der Waals surface area contributed by atoms with Crippen molar-refractivity contribution in [2.75, 3.05) is 6.54 Å². The molecule has 0 spiro atoms. The summed E-state index contributed by atoms with van der Waals surface area (Å²) in [6.45, 7) is 2.40. The number of rotatable bonds is 2. The number of aliphatic hydroxyl groups excluding tert-OH is 1. The molecule has 0 saturated carbocycles. The highest BCUT2D eigenvalue weighted by Gasteiger charge is 2.55. The molecule has 3 rings (SSSR count). The van der Waals surface area contributed by atoms with Crippen molar-refractivity contribution in [2.45, 2.75) is 23.8 Å². The van der Waals surface area contributed by atoms with E-state index in [9.17, 15) is 9.90 Å². The lowest BCUT2D eigenvalue weighted by Gasteiger charge is -2.42. The predicted octanol–water partition coefficient (Wildman–Crippen LogP) is 0.294. The maximum atomic E-state index is 11.7. The topological polar surface area (TPSA) is 58.4 Å². The first-order valence-electron chi connectivity index (χ1n) is 5.30. The first kappa shape index (κ1) is 10.2. The fourth-order valence-electron chi connectivity index (χ4n) is 2.32. The van der Waals surface area contributed by atoms with E-state index in [2.05, 4.69) is 4.98 Å². The van der Waals surface area contributed by atoms with E-state index >= 15 is 0 Å². The molecule has 0 radical (unpaired) electrons. The van der Waals surface area contributed by atoms with E-state index in [0.717, 1.165) is 0 Å². The number of thioether (sulfide) groups is 1. The van der Waals surface area contributed by atoms with Gasteiger partial charge in [0.15, 0.2) is 0 Å². The van der Waals surface area contributed by atoms with Crippen molar-refractivity contribution >= 4 is 17.7 Å². The Morgan fingerprint density at radius 2 is 2.50 bits per heavy atom. The van der Waals surface area contributed by atoms with Gasteiger partial charge in [-0.1, -0.05) is 0 Å². The van der Waals surface area contributed by atoms with Crippen molar-refractivity contribution in [1.82, 2.24) is 14.5 Å². The van der Waals surface area contributed by atoms with Gasteiger partial charge in [-0.3, -0.25) is 4.79 Å². The second-order valence-corrected chi connectivity index (χ2v) is 5.55. The minimum atomic E-state index is -0.553.